The van der Waals surface area contributed by atoms with Crippen molar-refractivity contribution in [2.24, 2.45) is 0 Å². The van der Waals surface area contributed by atoms with Crippen LogP contribution in [0, 0.1) is 10.1 Å². The van der Waals surface area contributed by atoms with Gasteiger partial charge in [0.2, 0.25) is 11.8 Å². The second-order valence-corrected chi connectivity index (χ2v) is 11.0. The molecule has 2 atom stereocenters. The average Bonchev–Trinajstić information content (AvgIpc) is 2.94. The molecule has 0 fully saturated rings. The lowest BCUT2D eigenvalue weighted by molar-refractivity contribution is -0.384. The second-order valence-electron chi connectivity index (χ2n) is 9.10. The molecular weight excluding hydrogens is 520 g/mol. The fraction of sp³-hybridized carbons (Fsp3) is 0.286. The van der Waals surface area contributed by atoms with E-state index in [-0.39, 0.29) is 34.8 Å². The summed E-state index contributed by atoms with van der Waals surface area (Å²) in [5.74, 6) is -1.02. The molecule has 0 saturated heterocycles. The van der Waals surface area contributed by atoms with Crippen molar-refractivity contribution in [2.45, 2.75) is 50.7 Å². The number of nitro benzene ring substituents is 1. The normalized spacial score (nSPS) is 12.7. The molecule has 0 aliphatic rings. The van der Waals surface area contributed by atoms with E-state index in [9.17, 15) is 28.1 Å². The van der Waals surface area contributed by atoms with E-state index >= 15 is 0 Å². The van der Waals surface area contributed by atoms with E-state index in [0.29, 0.717) is 6.42 Å². The van der Waals surface area contributed by atoms with E-state index in [0.717, 1.165) is 15.9 Å². The molecule has 206 valence electrons. The van der Waals surface area contributed by atoms with E-state index in [1.807, 2.05) is 19.9 Å². The lowest BCUT2D eigenvalue weighted by atomic mass is 10.1. The van der Waals surface area contributed by atoms with Crippen molar-refractivity contribution in [1.82, 2.24) is 10.2 Å². The van der Waals surface area contributed by atoms with Crippen LogP contribution < -0.4 is 9.62 Å². The molecular formula is C28H32N4O6S. The maximum Gasteiger partial charge on any atom is 0.271 e. The summed E-state index contributed by atoms with van der Waals surface area (Å²) in [6, 6.07) is 20.6. The summed E-state index contributed by atoms with van der Waals surface area (Å²) < 4.78 is 28.3. The predicted octanol–water partition coefficient (Wildman–Crippen LogP) is 4.12. The molecule has 3 rings (SSSR count). The first kappa shape index (κ1) is 29.3. The van der Waals surface area contributed by atoms with Crippen molar-refractivity contribution in [3.63, 3.8) is 0 Å². The number of anilines is 1. The molecule has 39 heavy (non-hydrogen) atoms. The van der Waals surface area contributed by atoms with Crippen LogP contribution in [0.2, 0.25) is 0 Å². The zero-order chi connectivity index (χ0) is 28.6. The van der Waals surface area contributed by atoms with Gasteiger partial charge in [0.05, 0.1) is 15.5 Å². The van der Waals surface area contributed by atoms with E-state index in [1.54, 1.807) is 49.4 Å². The molecule has 10 nitrogen and oxygen atoms in total. The fourth-order valence-electron chi connectivity index (χ4n) is 3.84. The third-order valence-electron chi connectivity index (χ3n) is 6.30. The van der Waals surface area contributed by atoms with Gasteiger partial charge in [0, 0.05) is 24.7 Å². The quantitative estimate of drug-likeness (QED) is 0.266. The molecule has 0 radical (unpaired) electrons. The van der Waals surface area contributed by atoms with E-state index in [4.69, 9.17) is 0 Å². The van der Waals surface area contributed by atoms with Crippen LogP contribution >= 0.6 is 0 Å². The number of carbonyl (C=O) groups is 2. The van der Waals surface area contributed by atoms with Gasteiger partial charge in [0.25, 0.3) is 15.7 Å². The van der Waals surface area contributed by atoms with Crippen LogP contribution in [-0.4, -0.2) is 48.7 Å². The Kier molecular flexibility index (Phi) is 9.78. The van der Waals surface area contributed by atoms with Crippen molar-refractivity contribution in [2.75, 3.05) is 10.8 Å². The number of benzene rings is 3. The zero-order valence-corrected chi connectivity index (χ0v) is 22.9. The minimum absolute atomic E-state index is 0.0437. The molecule has 0 heterocycles. The minimum atomic E-state index is -4.30. The van der Waals surface area contributed by atoms with Gasteiger partial charge in [0.15, 0.2) is 0 Å². The lowest BCUT2D eigenvalue weighted by Crippen LogP contribution is -2.52. The Balaban J connectivity index is 2.04. The molecule has 0 aliphatic heterocycles. The van der Waals surface area contributed by atoms with E-state index < -0.39 is 33.4 Å². The Morgan fingerprint density at radius 3 is 2.15 bits per heavy atom. The molecule has 0 spiro atoms. The minimum Gasteiger partial charge on any atom is -0.352 e. The van der Waals surface area contributed by atoms with Crippen molar-refractivity contribution in [3.8, 4) is 0 Å². The number of non-ortho nitro benzene ring substituents is 1. The number of carbonyl (C=O) groups excluding carboxylic acids is 2. The Hall–Kier alpha value is -4.25. The van der Waals surface area contributed by atoms with Gasteiger partial charge in [-0.1, -0.05) is 61.5 Å². The molecule has 0 bridgehead atoms. The van der Waals surface area contributed by atoms with Crippen molar-refractivity contribution < 1.29 is 22.9 Å². The van der Waals surface area contributed by atoms with Gasteiger partial charge >= 0.3 is 0 Å². The van der Waals surface area contributed by atoms with E-state index in [2.05, 4.69) is 5.32 Å². The van der Waals surface area contributed by atoms with Crippen LogP contribution in [0.5, 0.6) is 0 Å². The lowest BCUT2D eigenvalue weighted by Gasteiger charge is -2.32. The molecule has 11 heteroatoms. The van der Waals surface area contributed by atoms with Crippen LogP contribution in [0.25, 0.3) is 0 Å². The van der Waals surface area contributed by atoms with Gasteiger partial charge in [-0.2, -0.15) is 0 Å². The maximum absolute atomic E-state index is 13.8. The third kappa shape index (κ3) is 7.41. The first-order valence-corrected chi connectivity index (χ1v) is 13.9. The standard InChI is InChI=1S/C28H32N4O6S/c1-4-21(2)29-28(34)22(3)30(19-23-12-7-5-8-13-23)27(33)20-31(24-14-11-15-25(18-24)32(35)36)39(37,38)26-16-9-6-10-17-26/h5-18,21-22H,4,19-20H2,1-3H3,(H,29,34)/t21-,22-/m0/s1. The molecule has 3 aromatic carbocycles. The van der Waals surface area contributed by atoms with Gasteiger partial charge in [-0.25, -0.2) is 8.42 Å². The Morgan fingerprint density at radius 1 is 0.949 bits per heavy atom. The Bertz CT molecular complexity index is 1400. The number of rotatable bonds is 12. The molecule has 3 aromatic rings. The summed E-state index contributed by atoms with van der Waals surface area (Å²) in [7, 11) is -4.30. The third-order valence-corrected chi connectivity index (χ3v) is 8.09. The number of amides is 2. The van der Waals surface area contributed by atoms with Crippen LogP contribution in [0.4, 0.5) is 11.4 Å². The highest BCUT2D eigenvalue weighted by molar-refractivity contribution is 7.92. The monoisotopic (exact) mass is 552 g/mol. The van der Waals surface area contributed by atoms with Gasteiger partial charge in [-0.3, -0.25) is 24.0 Å². The number of nitrogens with zero attached hydrogens (tertiary/aromatic N) is 3. The smallest absolute Gasteiger partial charge is 0.271 e. The first-order valence-electron chi connectivity index (χ1n) is 12.5. The van der Waals surface area contributed by atoms with Crippen molar-refractivity contribution >= 4 is 33.2 Å². The summed E-state index contributed by atoms with van der Waals surface area (Å²) in [4.78, 5) is 38.9. The highest BCUT2D eigenvalue weighted by Gasteiger charge is 2.33. The topological polar surface area (TPSA) is 130 Å². The molecule has 2 amide bonds. The van der Waals surface area contributed by atoms with Gasteiger partial charge < -0.3 is 10.2 Å². The highest BCUT2D eigenvalue weighted by Crippen LogP contribution is 2.27. The second kappa shape index (κ2) is 13.0. The van der Waals surface area contributed by atoms with Gasteiger partial charge in [0.1, 0.15) is 12.6 Å². The Labute approximate surface area is 228 Å². The molecule has 0 aliphatic carbocycles. The summed E-state index contributed by atoms with van der Waals surface area (Å²) in [5.41, 5.74) is 0.385. The molecule has 0 aromatic heterocycles. The summed E-state index contributed by atoms with van der Waals surface area (Å²) >= 11 is 0. The predicted molar refractivity (Wildman–Crippen MR) is 148 cm³/mol. The van der Waals surface area contributed by atoms with Crippen LogP contribution in [0.1, 0.15) is 32.8 Å². The fourth-order valence-corrected chi connectivity index (χ4v) is 5.27. The summed E-state index contributed by atoms with van der Waals surface area (Å²) in [6.45, 7) is 4.75. The molecule has 0 saturated carbocycles. The first-order chi connectivity index (χ1) is 18.5. The van der Waals surface area contributed by atoms with Crippen LogP contribution in [-0.2, 0) is 26.2 Å². The molecule has 1 N–H and O–H groups in total. The maximum atomic E-state index is 13.8. The average molecular weight is 553 g/mol. The van der Waals surface area contributed by atoms with E-state index in [1.165, 1.54) is 35.2 Å². The van der Waals surface area contributed by atoms with Gasteiger partial charge in [-0.05, 0) is 44.0 Å². The van der Waals surface area contributed by atoms with Gasteiger partial charge in [-0.15, -0.1) is 0 Å². The van der Waals surface area contributed by atoms with Crippen molar-refractivity contribution in [3.05, 3.63) is 101 Å². The highest BCUT2D eigenvalue weighted by atomic mass is 32.2. The number of hydrogen-bond donors (Lipinski definition) is 1. The number of nitrogens with one attached hydrogen (secondary N) is 1. The zero-order valence-electron chi connectivity index (χ0n) is 22.1. The largest absolute Gasteiger partial charge is 0.352 e. The van der Waals surface area contributed by atoms with Crippen LogP contribution in [0.3, 0.4) is 0 Å². The summed E-state index contributed by atoms with van der Waals surface area (Å²) in [5, 5.41) is 14.3. The SMILES string of the molecule is CC[C@H](C)NC(=O)[C@H](C)N(Cc1ccccc1)C(=O)CN(c1cccc([N+](=O)[O-])c1)S(=O)(=O)c1ccccc1. The summed E-state index contributed by atoms with van der Waals surface area (Å²) in [6.07, 6.45) is 0.695. The number of sulfonamides is 1. The number of nitro groups is 1. The molecule has 0 unspecified atom stereocenters. The Morgan fingerprint density at radius 2 is 1.56 bits per heavy atom. The van der Waals surface area contributed by atoms with Crippen LogP contribution in [0.15, 0.2) is 89.8 Å². The number of hydrogen-bond acceptors (Lipinski definition) is 6. The van der Waals surface area contributed by atoms with Crippen molar-refractivity contribution in [1.29, 1.82) is 0 Å².